The van der Waals surface area contributed by atoms with Gasteiger partial charge in [0.25, 0.3) is 0 Å². The molecule has 0 heterocycles. The molecular weight excluding hydrogens is 217 g/mol. The predicted octanol–water partition coefficient (Wildman–Crippen LogP) is 2.79. The lowest BCUT2D eigenvalue weighted by atomic mass is 9.95. The lowest BCUT2D eigenvalue weighted by molar-refractivity contribution is 0.0539. The zero-order valence-electron chi connectivity index (χ0n) is 10.7. The van der Waals surface area contributed by atoms with Crippen molar-refractivity contribution in [2.45, 2.75) is 20.4 Å². The van der Waals surface area contributed by atoms with E-state index in [0.29, 0.717) is 6.61 Å². The predicted molar refractivity (Wildman–Crippen MR) is 68.7 cm³/mol. The maximum atomic E-state index is 11.9. The Bertz CT molecular complexity index is 300. The summed E-state index contributed by atoms with van der Waals surface area (Å²) in [6.45, 7) is 6.31. The van der Waals surface area contributed by atoms with Crippen LogP contribution in [0.1, 0.15) is 19.4 Å². The molecule has 0 aromatic heterocycles. The zero-order chi connectivity index (χ0) is 12.6. The van der Waals surface area contributed by atoms with Crippen molar-refractivity contribution < 1.29 is 9.13 Å². The first kappa shape index (κ1) is 14.1. The molecule has 0 unspecified atom stereocenters. The third-order valence-electron chi connectivity index (χ3n) is 2.49. The van der Waals surface area contributed by atoms with Crippen molar-refractivity contribution in [1.82, 2.24) is 5.32 Å². The van der Waals surface area contributed by atoms with Gasteiger partial charge in [0, 0.05) is 18.5 Å². The van der Waals surface area contributed by atoms with E-state index in [1.54, 1.807) is 0 Å². The lowest BCUT2D eigenvalue weighted by Gasteiger charge is -2.24. The first-order valence-electron chi connectivity index (χ1n) is 6.02. The van der Waals surface area contributed by atoms with Crippen LogP contribution in [-0.2, 0) is 11.3 Å². The highest BCUT2D eigenvalue weighted by molar-refractivity contribution is 5.14. The number of ether oxygens (including phenoxy) is 1. The van der Waals surface area contributed by atoms with E-state index in [-0.39, 0.29) is 12.0 Å². The molecule has 3 heteroatoms. The average Bonchev–Trinajstić information content (AvgIpc) is 2.30. The SMILES string of the molecule is CC(C)(CNCc1ccccc1)COCCF. The van der Waals surface area contributed by atoms with Gasteiger partial charge < -0.3 is 10.1 Å². The summed E-state index contributed by atoms with van der Waals surface area (Å²) in [5.74, 6) is 0. The van der Waals surface area contributed by atoms with Gasteiger partial charge in [0.15, 0.2) is 0 Å². The van der Waals surface area contributed by atoms with Crippen LogP contribution in [0.2, 0.25) is 0 Å². The summed E-state index contributed by atoms with van der Waals surface area (Å²) in [6.07, 6.45) is 0. The van der Waals surface area contributed by atoms with Crippen molar-refractivity contribution in [1.29, 1.82) is 0 Å². The number of hydrogen-bond acceptors (Lipinski definition) is 2. The Hall–Kier alpha value is -0.930. The van der Waals surface area contributed by atoms with E-state index in [2.05, 4.69) is 31.3 Å². The quantitative estimate of drug-likeness (QED) is 0.704. The maximum Gasteiger partial charge on any atom is 0.113 e. The van der Waals surface area contributed by atoms with E-state index >= 15 is 0 Å². The van der Waals surface area contributed by atoms with Crippen molar-refractivity contribution in [3.8, 4) is 0 Å². The monoisotopic (exact) mass is 239 g/mol. The highest BCUT2D eigenvalue weighted by Crippen LogP contribution is 2.14. The van der Waals surface area contributed by atoms with Crippen LogP contribution in [0.3, 0.4) is 0 Å². The molecule has 1 aromatic carbocycles. The van der Waals surface area contributed by atoms with Gasteiger partial charge in [-0.15, -0.1) is 0 Å². The lowest BCUT2D eigenvalue weighted by Crippen LogP contribution is -2.33. The maximum absolute atomic E-state index is 11.9. The van der Waals surface area contributed by atoms with E-state index in [4.69, 9.17) is 4.74 Å². The summed E-state index contributed by atoms with van der Waals surface area (Å²) in [5.41, 5.74) is 1.30. The minimum absolute atomic E-state index is 0.0317. The topological polar surface area (TPSA) is 21.3 Å². The summed E-state index contributed by atoms with van der Waals surface area (Å²) >= 11 is 0. The number of rotatable bonds is 8. The highest BCUT2D eigenvalue weighted by atomic mass is 19.1. The first-order chi connectivity index (χ1) is 8.14. The number of alkyl halides is 1. The summed E-state index contributed by atoms with van der Waals surface area (Å²) in [4.78, 5) is 0. The van der Waals surface area contributed by atoms with Crippen molar-refractivity contribution in [2.75, 3.05) is 26.4 Å². The first-order valence-corrected chi connectivity index (χ1v) is 6.02. The van der Waals surface area contributed by atoms with Gasteiger partial charge in [0.1, 0.15) is 6.67 Å². The average molecular weight is 239 g/mol. The summed E-state index contributed by atoms with van der Waals surface area (Å²) in [5, 5.41) is 3.40. The van der Waals surface area contributed by atoms with Crippen LogP contribution in [0.5, 0.6) is 0 Å². The van der Waals surface area contributed by atoms with E-state index in [1.165, 1.54) is 5.56 Å². The highest BCUT2D eigenvalue weighted by Gasteiger charge is 2.17. The Morgan fingerprint density at radius 1 is 1.24 bits per heavy atom. The smallest absolute Gasteiger partial charge is 0.113 e. The second-order valence-corrected chi connectivity index (χ2v) is 4.99. The van der Waals surface area contributed by atoms with Gasteiger partial charge in [0.05, 0.1) is 13.2 Å². The van der Waals surface area contributed by atoms with Crippen LogP contribution < -0.4 is 5.32 Å². The number of halogens is 1. The largest absolute Gasteiger partial charge is 0.378 e. The Morgan fingerprint density at radius 2 is 1.94 bits per heavy atom. The molecule has 0 fully saturated rings. The summed E-state index contributed by atoms with van der Waals surface area (Å²) in [6, 6.07) is 10.3. The molecule has 2 nitrogen and oxygen atoms in total. The second-order valence-electron chi connectivity index (χ2n) is 4.99. The molecule has 96 valence electrons. The molecule has 0 atom stereocenters. The molecule has 0 saturated carbocycles. The van der Waals surface area contributed by atoms with Crippen LogP contribution in [0, 0.1) is 5.41 Å². The van der Waals surface area contributed by atoms with Gasteiger partial charge >= 0.3 is 0 Å². The molecule has 0 amide bonds. The normalized spacial score (nSPS) is 11.7. The summed E-state index contributed by atoms with van der Waals surface area (Å²) < 4.78 is 17.1. The van der Waals surface area contributed by atoms with Crippen LogP contribution >= 0.6 is 0 Å². The molecule has 0 saturated heterocycles. The standard InChI is InChI=1S/C14H22FNO/c1-14(2,12-17-9-8-15)11-16-10-13-6-4-3-5-7-13/h3-7,16H,8-12H2,1-2H3. The van der Waals surface area contributed by atoms with Crippen LogP contribution in [-0.4, -0.2) is 26.4 Å². The Labute approximate surface area is 103 Å². The van der Waals surface area contributed by atoms with Gasteiger partial charge in [-0.2, -0.15) is 0 Å². The van der Waals surface area contributed by atoms with E-state index in [1.807, 2.05) is 18.2 Å². The molecule has 1 N–H and O–H groups in total. The zero-order valence-corrected chi connectivity index (χ0v) is 10.7. The Kier molecular flexibility index (Phi) is 6.16. The molecule has 0 aliphatic carbocycles. The van der Waals surface area contributed by atoms with Gasteiger partial charge in [0.2, 0.25) is 0 Å². The molecule has 1 aromatic rings. The number of hydrogen-bond donors (Lipinski definition) is 1. The van der Waals surface area contributed by atoms with Gasteiger partial charge in [-0.05, 0) is 5.56 Å². The fourth-order valence-electron chi connectivity index (χ4n) is 1.60. The Balaban J connectivity index is 2.20. The molecule has 0 spiro atoms. The van der Waals surface area contributed by atoms with E-state index in [9.17, 15) is 4.39 Å². The van der Waals surface area contributed by atoms with Crippen molar-refractivity contribution in [3.63, 3.8) is 0 Å². The van der Waals surface area contributed by atoms with Crippen molar-refractivity contribution in [3.05, 3.63) is 35.9 Å². The van der Waals surface area contributed by atoms with Gasteiger partial charge in [-0.25, -0.2) is 4.39 Å². The third-order valence-corrected chi connectivity index (χ3v) is 2.49. The van der Waals surface area contributed by atoms with Crippen LogP contribution in [0.15, 0.2) is 30.3 Å². The fourth-order valence-corrected chi connectivity index (χ4v) is 1.60. The minimum Gasteiger partial charge on any atom is -0.378 e. The van der Waals surface area contributed by atoms with Crippen molar-refractivity contribution in [2.24, 2.45) is 5.41 Å². The van der Waals surface area contributed by atoms with Crippen molar-refractivity contribution >= 4 is 0 Å². The van der Waals surface area contributed by atoms with E-state index in [0.717, 1.165) is 13.1 Å². The molecular formula is C14H22FNO. The molecule has 1 rings (SSSR count). The van der Waals surface area contributed by atoms with Crippen LogP contribution in [0.4, 0.5) is 4.39 Å². The molecule has 17 heavy (non-hydrogen) atoms. The number of nitrogens with one attached hydrogen (secondary N) is 1. The van der Waals surface area contributed by atoms with E-state index < -0.39 is 6.67 Å². The molecule has 0 radical (unpaired) electrons. The fraction of sp³-hybridized carbons (Fsp3) is 0.571. The number of benzene rings is 1. The van der Waals surface area contributed by atoms with Gasteiger partial charge in [-0.1, -0.05) is 44.2 Å². The molecule has 0 aliphatic rings. The van der Waals surface area contributed by atoms with Crippen LogP contribution in [0.25, 0.3) is 0 Å². The Morgan fingerprint density at radius 3 is 2.59 bits per heavy atom. The molecule has 0 aliphatic heterocycles. The molecule has 0 bridgehead atoms. The minimum atomic E-state index is -0.409. The summed E-state index contributed by atoms with van der Waals surface area (Å²) in [7, 11) is 0. The third kappa shape index (κ3) is 6.39. The van der Waals surface area contributed by atoms with Gasteiger partial charge in [-0.3, -0.25) is 0 Å². The second kappa shape index (κ2) is 7.41.